The number of rotatable bonds is 7. The number of amides is 2. The Morgan fingerprint density at radius 2 is 1.72 bits per heavy atom. The molecule has 1 aliphatic heterocycles. The molecule has 0 aliphatic carbocycles. The molecule has 0 saturated heterocycles. The summed E-state index contributed by atoms with van der Waals surface area (Å²) in [5.41, 5.74) is 2.39. The van der Waals surface area contributed by atoms with Crippen LogP contribution in [0.25, 0.3) is 0 Å². The van der Waals surface area contributed by atoms with Gasteiger partial charge in [-0.15, -0.1) is 0 Å². The van der Waals surface area contributed by atoms with E-state index in [0.717, 1.165) is 11.1 Å². The number of para-hydroxylation sites is 1. The highest BCUT2D eigenvalue weighted by molar-refractivity contribution is 6.01. The van der Waals surface area contributed by atoms with Gasteiger partial charge >= 0.3 is 18.0 Å². The molecule has 2 aromatic rings. The maximum absolute atomic E-state index is 13.1. The molecule has 0 fully saturated rings. The van der Waals surface area contributed by atoms with E-state index >= 15 is 0 Å². The molecule has 7 nitrogen and oxygen atoms in total. The predicted octanol–water partition coefficient (Wildman–Crippen LogP) is 2.89. The van der Waals surface area contributed by atoms with E-state index in [2.05, 4.69) is 0 Å². The van der Waals surface area contributed by atoms with Gasteiger partial charge in [-0.2, -0.15) is 0 Å². The normalized spacial score (nSPS) is 16.2. The Bertz CT molecular complexity index is 899. The fourth-order valence-corrected chi connectivity index (χ4v) is 3.69. The summed E-state index contributed by atoms with van der Waals surface area (Å²) in [5, 5.41) is 19.2. The lowest BCUT2D eigenvalue weighted by Crippen LogP contribution is -2.50. The van der Waals surface area contributed by atoms with Crippen molar-refractivity contribution in [2.45, 2.75) is 25.3 Å². The quantitative estimate of drug-likeness (QED) is 0.750. The topological polar surface area (TPSA) is 98.2 Å². The highest BCUT2D eigenvalue weighted by Gasteiger charge is 2.40. The van der Waals surface area contributed by atoms with Gasteiger partial charge < -0.3 is 15.1 Å². The number of hydrogen-bond donors (Lipinski definition) is 2. The molecule has 0 saturated carbocycles. The number of carbonyl (C=O) groups excluding carboxylic acids is 1. The van der Waals surface area contributed by atoms with Crippen LogP contribution >= 0.6 is 0 Å². The first kappa shape index (κ1) is 20.4. The van der Waals surface area contributed by atoms with Crippen LogP contribution in [0.4, 0.5) is 10.5 Å². The molecule has 2 amide bonds. The fraction of sp³-hybridized carbons (Fsp3) is 0.318. The lowest BCUT2D eigenvalue weighted by molar-refractivity contribution is -0.142. The van der Waals surface area contributed by atoms with Crippen molar-refractivity contribution in [1.82, 2.24) is 4.90 Å². The molecule has 0 aromatic heterocycles. The summed E-state index contributed by atoms with van der Waals surface area (Å²) in [7, 11) is 1.51. The second-order valence-corrected chi connectivity index (χ2v) is 7.28. The van der Waals surface area contributed by atoms with Crippen molar-refractivity contribution in [3.63, 3.8) is 0 Å². The summed E-state index contributed by atoms with van der Waals surface area (Å²) in [6.07, 6.45) is 1.21. The Labute approximate surface area is 169 Å². The number of nitrogens with zero attached hydrogens (tertiary/aromatic N) is 2. The average molecular weight is 396 g/mol. The van der Waals surface area contributed by atoms with Crippen molar-refractivity contribution >= 4 is 23.7 Å². The minimum Gasteiger partial charge on any atom is -0.481 e. The van der Waals surface area contributed by atoms with Gasteiger partial charge in [0.1, 0.15) is 6.04 Å². The summed E-state index contributed by atoms with van der Waals surface area (Å²) in [5.74, 6) is -2.80. The standard InChI is InChI=1S/C22H24N2O5/c1-23(14-17(20(25)26)12-11-15-7-3-2-4-8-15)22(29)24-18-10-6-5-9-16(18)13-19(24)21(27)28/h2-10,17,19H,11-14H2,1H3,(H,25,26)(H,27,28). The van der Waals surface area contributed by atoms with Gasteiger partial charge in [0.05, 0.1) is 5.92 Å². The SMILES string of the molecule is CN(CC(CCc1ccccc1)C(=O)O)C(=O)N1c2ccccc2CC1C(=O)O. The fourth-order valence-electron chi connectivity index (χ4n) is 3.69. The number of carboxylic acid groups (broad SMARTS) is 2. The van der Waals surface area contributed by atoms with Gasteiger partial charge in [-0.05, 0) is 30.0 Å². The first-order valence-electron chi connectivity index (χ1n) is 9.50. The second kappa shape index (κ2) is 8.77. The van der Waals surface area contributed by atoms with E-state index in [1.165, 1.54) is 16.8 Å². The number of carboxylic acids is 2. The lowest BCUT2D eigenvalue weighted by Gasteiger charge is -2.29. The molecular weight excluding hydrogens is 372 g/mol. The zero-order valence-electron chi connectivity index (χ0n) is 16.2. The summed E-state index contributed by atoms with van der Waals surface area (Å²) in [6, 6.07) is 15.2. The summed E-state index contributed by atoms with van der Waals surface area (Å²) in [6.45, 7) is 0.00596. The molecule has 29 heavy (non-hydrogen) atoms. The monoisotopic (exact) mass is 396 g/mol. The molecule has 2 aromatic carbocycles. The van der Waals surface area contributed by atoms with Crippen molar-refractivity contribution in [3.8, 4) is 0 Å². The van der Waals surface area contributed by atoms with Crippen molar-refractivity contribution in [3.05, 3.63) is 65.7 Å². The third-order valence-electron chi connectivity index (χ3n) is 5.26. The minimum atomic E-state index is -1.08. The Hall–Kier alpha value is -3.35. The van der Waals surface area contributed by atoms with Crippen LogP contribution in [0.15, 0.2) is 54.6 Å². The molecule has 0 bridgehead atoms. The van der Waals surface area contributed by atoms with E-state index in [0.29, 0.717) is 18.5 Å². The molecule has 1 heterocycles. The molecule has 0 radical (unpaired) electrons. The number of aliphatic carboxylic acids is 2. The van der Waals surface area contributed by atoms with E-state index in [-0.39, 0.29) is 13.0 Å². The number of carbonyl (C=O) groups is 3. The zero-order valence-corrected chi connectivity index (χ0v) is 16.2. The number of benzene rings is 2. The van der Waals surface area contributed by atoms with E-state index in [1.54, 1.807) is 24.3 Å². The largest absolute Gasteiger partial charge is 0.481 e. The van der Waals surface area contributed by atoms with Gasteiger partial charge in [0.2, 0.25) is 0 Å². The van der Waals surface area contributed by atoms with E-state index in [9.17, 15) is 24.6 Å². The number of fused-ring (bicyclic) bond motifs is 1. The van der Waals surface area contributed by atoms with Crippen molar-refractivity contribution in [2.75, 3.05) is 18.5 Å². The van der Waals surface area contributed by atoms with Crippen LogP contribution in [0.1, 0.15) is 17.5 Å². The van der Waals surface area contributed by atoms with Gasteiger partial charge in [-0.3, -0.25) is 9.69 Å². The van der Waals surface area contributed by atoms with Gasteiger partial charge in [-0.25, -0.2) is 9.59 Å². The molecule has 2 atom stereocenters. The van der Waals surface area contributed by atoms with Crippen LogP contribution < -0.4 is 4.90 Å². The number of anilines is 1. The van der Waals surface area contributed by atoms with E-state index in [1.807, 2.05) is 30.3 Å². The van der Waals surface area contributed by atoms with Gasteiger partial charge in [0.25, 0.3) is 0 Å². The molecule has 2 N–H and O–H groups in total. The van der Waals surface area contributed by atoms with E-state index < -0.39 is 29.9 Å². The zero-order chi connectivity index (χ0) is 21.0. The molecule has 152 valence electrons. The second-order valence-electron chi connectivity index (χ2n) is 7.28. The Kier molecular flexibility index (Phi) is 6.16. The van der Waals surface area contributed by atoms with Crippen LogP contribution in [0.2, 0.25) is 0 Å². The van der Waals surface area contributed by atoms with Crippen LogP contribution in [0.3, 0.4) is 0 Å². The highest BCUT2D eigenvalue weighted by atomic mass is 16.4. The maximum atomic E-state index is 13.1. The third kappa shape index (κ3) is 4.56. The number of hydrogen-bond acceptors (Lipinski definition) is 3. The average Bonchev–Trinajstić information content (AvgIpc) is 3.10. The Balaban J connectivity index is 1.72. The molecule has 2 unspecified atom stereocenters. The van der Waals surface area contributed by atoms with Gasteiger partial charge in [-0.1, -0.05) is 48.5 Å². The highest BCUT2D eigenvalue weighted by Crippen LogP contribution is 2.33. The lowest BCUT2D eigenvalue weighted by atomic mass is 9.99. The van der Waals surface area contributed by atoms with Gasteiger partial charge in [0, 0.05) is 25.7 Å². The van der Waals surface area contributed by atoms with Crippen molar-refractivity contribution in [2.24, 2.45) is 5.92 Å². The first-order valence-corrected chi connectivity index (χ1v) is 9.50. The maximum Gasteiger partial charge on any atom is 0.327 e. The number of aryl methyl sites for hydroxylation is 1. The van der Waals surface area contributed by atoms with Crippen LogP contribution in [0, 0.1) is 5.92 Å². The summed E-state index contributed by atoms with van der Waals surface area (Å²) in [4.78, 5) is 39.0. The van der Waals surface area contributed by atoms with Crippen molar-refractivity contribution in [1.29, 1.82) is 0 Å². The predicted molar refractivity (Wildman–Crippen MR) is 108 cm³/mol. The first-order chi connectivity index (χ1) is 13.9. The van der Waals surface area contributed by atoms with Crippen LogP contribution in [0.5, 0.6) is 0 Å². The Morgan fingerprint density at radius 3 is 2.38 bits per heavy atom. The smallest absolute Gasteiger partial charge is 0.327 e. The summed E-state index contributed by atoms with van der Waals surface area (Å²) >= 11 is 0. The molecular formula is C22H24N2O5. The minimum absolute atomic E-state index is 0.00596. The molecule has 7 heteroatoms. The Morgan fingerprint density at radius 1 is 1.07 bits per heavy atom. The third-order valence-corrected chi connectivity index (χ3v) is 5.26. The van der Waals surface area contributed by atoms with Gasteiger partial charge in [0.15, 0.2) is 0 Å². The molecule has 0 spiro atoms. The van der Waals surface area contributed by atoms with Crippen molar-refractivity contribution < 1.29 is 24.6 Å². The number of urea groups is 1. The van der Waals surface area contributed by atoms with Crippen LogP contribution in [-0.4, -0.2) is 52.7 Å². The summed E-state index contributed by atoms with van der Waals surface area (Å²) < 4.78 is 0. The molecule has 3 rings (SSSR count). The van der Waals surface area contributed by atoms with E-state index in [4.69, 9.17) is 0 Å². The van der Waals surface area contributed by atoms with Crippen LogP contribution in [-0.2, 0) is 22.4 Å². The molecule has 1 aliphatic rings.